The van der Waals surface area contributed by atoms with Gasteiger partial charge in [-0.1, -0.05) is 11.6 Å². The molecule has 84 valence electrons. The molecule has 0 fully saturated rings. The van der Waals surface area contributed by atoms with Gasteiger partial charge in [-0.05, 0) is 25.1 Å². The summed E-state index contributed by atoms with van der Waals surface area (Å²) in [5.74, 6) is -0.408. The summed E-state index contributed by atoms with van der Waals surface area (Å²) in [5.41, 5.74) is 7.34. The lowest BCUT2D eigenvalue weighted by molar-refractivity contribution is 0.0520. The van der Waals surface area contributed by atoms with Crippen LogP contribution in [0.2, 0.25) is 5.02 Å². The number of anilines is 1. The highest BCUT2D eigenvalue weighted by Gasteiger charge is 2.13. The van der Waals surface area contributed by atoms with Crippen LogP contribution >= 0.6 is 11.6 Å². The van der Waals surface area contributed by atoms with Gasteiger partial charge in [0.05, 0.1) is 22.8 Å². The van der Waals surface area contributed by atoms with Gasteiger partial charge in [0.15, 0.2) is 0 Å². The van der Waals surface area contributed by atoms with Gasteiger partial charge in [0, 0.05) is 5.39 Å². The molecule has 0 saturated carbocycles. The maximum absolute atomic E-state index is 11.5. The van der Waals surface area contributed by atoms with Crippen LogP contribution in [0.1, 0.15) is 17.4 Å². The molecule has 0 aliphatic carbocycles. The van der Waals surface area contributed by atoms with E-state index in [2.05, 4.69) is 4.98 Å². The van der Waals surface area contributed by atoms with E-state index in [0.29, 0.717) is 28.5 Å². The normalized spacial score (nSPS) is 10.6. The van der Waals surface area contributed by atoms with E-state index in [4.69, 9.17) is 22.1 Å². The summed E-state index contributed by atoms with van der Waals surface area (Å²) < 4.78 is 4.88. The fourth-order valence-corrected chi connectivity index (χ4v) is 1.74. The molecular weight excluding hydrogens is 228 g/mol. The summed E-state index contributed by atoms with van der Waals surface area (Å²) in [6, 6.07) is 5.03. The molecule has 0 saturated heterocycles. The Balaban J connectivity index is 2.55. The number of aromatic amines is 1. The van der Waals surface area contributed by atoms with E-state index in [0.717, 1.165) is 5.39 Å². The fraction of sp³-hybridized carbons (Fsp3) is 0.182. The van der Waals surface area contributed by atoms with Crippen LogP contribution in [0.25, 0.3) is 10.9 Å². The second-order valence-corrected chi connectivity index (χ2v) is 3.74. The third-order valence-corrected chi connectivity index (χ3v) is 2.60. The average Bonchev–Trinajstić information content (AvgIpc) is 2.70. The van der Waals surface area contributed by atoms with Crippen molar-refractivity contribution in [3.63, 3.8) is 0 Å². The second-order valence-electron chi connectivity index (χ2n) is 3.33. The zero-order valence-corrected chi connectivity index (χ0v) is 9.47. The monoisotopic (exact) mass is 238 g/mol. The standard InChI is InChI=1S/C11H11ClN2O2/c1-2-16-11(15)9-5-6-7(12)3-4-8(13)10(6)14-9/h3-5,14H,2,13H2,1H3. The number of hydrogen-bond donors (Lipinski definition) is 2. The summed E-state index contributed by atoms with van der Waals surface area (Å²) in [4.78, 5) is 14.4. The molecule has 16 heavy (non-hydrogen) atoms. The van der Waals surface area contributed by atoms with Gasteiger partial charge in [-0.3, -0.25) is 0 Å². The lowest BCUT2D eigenvalue weighted by atomic mass is 10.2. The third-order valence-electron chi connectivity index (χ3n) is 2.27. The number of benzene rings is 1. The van der Waals surface area contributed by atoms with E-state index in [1.807, 2.05) is 0 Å². The number of carbonyl (C=O) groups excluding carboxylic acids is 1. The molecule has 3 N–H and O–H groups in total. The summed E-state index contributed by atoms with van der Waals surface area (Å²) >= 11 is 6.00. The van der Waals surface area contributed by atoms with Crippen molar-refractivity contribution in [2.45, 2.75) is 6.92 Å². The maximum atomic E-state index is 11.5. The molecule has 0 atom stereocenters. The Morgan fingerprint density at radius 3 is 2.94 bits per heavy atom. The van der Waals surface area contributed by atoms with Crippen molar-refractivity contribution in [1.29, 1.82) is 0 Å². The Bertz CT molecular complexity index is 509. The van der Waals surface area contributed by atoms with E-state index < -0.39 is 5.97 Å². The van der Waals surface area contributed by atoms with Crippen LogP contribution in [0.4, 0.5) is 5.69 Å². The SMILES string of the molecule is CCOC(=O)c1cc2c(Cl)ccc(N)c2[nH]1. The highest BCUT2D eigenvalue weighted by Crippen LogP contribution is 2.28. The maximum Gasteiger partial charge on any atom is 0.354 e. The Labute approximate surface area is 97.3 Å². The Morgan fingerprint density at radius 1 is 1.56 bits per heavy atom. The number of nitrogens with two attached hydrogens (primary N) is 1. The van der Waals surface area contributed by atoms with Gasteiger partial charge in [-0.25, -0.2) is 4.79 Å². The number of nitrogen functional groups attached to an aromatic ring is 1. The minimum Gasteiger partial charge on any atom is -0.461 e. The van der Waals surface area contributed by atoms with Gasteiger partial charge in [0.1, 0.15) is 5.69 Å². The molecule has 0 spiro atoms. The van der Waals surface area contributed by atoms with Gasteiger partial charge < -0.3 is 15.5 Å². The molecular formula is C11H11ClN2O2. The van der Waals surface area contributed by atoms with Crippen molar-refractivity contribution in [3.05, 3.63) is 28.9 Å². The minimum atomic E-state index is -0.408. The lowest BCUT2D eigenvalue weighted by Crippen LogP contribution is -2.04. The number of H-pyrrole nitrogens is 1. The first kappa shape index (κ1) is 10.8. The highest BCUT2D eigenvalue weighted by atomic mass is 35.5. The third kappa shape index (κ3) is 1.72. The molecule has 1 aromatic carbocycles. The van der Waals surface area contributed by atoms with E-state index in [1.54, 1.807) is 25.1 Å². The zero-order chi connectivity index (χ0) is 11.7. The molecule has 1 heterocycles. The number of rotatable bonds is 2. The number of carbonyl (C=O) groups is 1. The molecule has 0 aliphatic heterocycles. The molecule has 2 rings (SSSR count). The topological polar surface area (TPSA) is 68.1 Å². The fourth-order valence-electron chi connectivity index (χ4n) is 1.53. The van der Waals surface area contributed by atoms with Crippen molar-refractivity contribution in [2.24, 2.45) is 0 Å². The van der Waals surface area contributed by atoms with E-state index in [1.165, 1.54) is 0 Å². The Hall–Kier alpha value is -1.68. The molecule has 2 aromatic rings. The average molecular weight is 239 g/mol. The molecule has 0 bridgehead atoms. The Kier molecular flexibility index (Phi) is 2.75. The van der Waals surface area contributed by atoms with Crippen LogP contribution in [-0.4, -0.2) is 17.6 Å². The van der Waals surface area contributed by atoms with E-state index in [-0.39, 0.29) is 0 Å². The largest absolute Gasteiger partial charge is 0.461 e. The van der Waals surface area contributed by atoms with Crippen molar-refractivity contribution < 1.29 is 9.53 Å². The predicted octanol–water partition coefficient (Wildman–Crippen LogP) is 2.58. The summed E-state index contributed by atoms with van der Waals surface area (Å²) in [6.45, 7) is 2.08. The van der Waals surface area contributed by atoms with Crippen molar-refractivity contribution in [2.75, 3.05) is 12.3 Å². The number of esters is 1. The molecule has 1 aromatic heterocycles. The predicted molar refractivity (Wildman–Crippen MR) is 63.7 cm³/mol. The Morgan fingerprint density at radius 2 is 2.31 bits per heavy atom. The van der Waals surface area contributed by atoms with Crippen LogP contribution < -0.4 is 5.73 Å². The van der Waals surface area contributed by atoms with Gasteiger partial charge in [0.2, 0.25) is 0 Å². The van der Waals surface area contributed by atoms with Crippen molar-refractivity contribution in [1.82, 2.24) is 4.98 Å². The molecule has 4 nitrogen and oxygen atoms in total. The van der Waals surface area contributed by atoms with Crippen LogP contribution in [0.15, 0.2) is 18.2 Å². The van der Waals surface area contributed by atoms with E-state index >= 15 is 0 Å². The van der Waals surface area contributed by atoms with Crippen LogP contribution in [0, 0.1) is 0 Å². The number of hydrogen-bond acceptors (Lipinski definition) is 3. The van der Waals surface area contributed by atoms with Gasteiger partial charge in [-0.15, -0.1) is 0 Å². The van der Waals surface area contributed by atoms with Crippen molar-refractivity contribution >= 4 is 34.2 Å². The summed E-state index contributed by atoms with van der Waals surface area (Å²) in [6.07, 6.45) is 0. The zero-order valence-electron chi connectivity index (χ0n) is 8.71. The molecule has 0 unspecified atom stereocenters. The summed E-state index contributed by atoms with van der Waals surface area (Å²) in [7, 11) is 0. The van der Waals surface area contributed by atoms with Gasteiger partial charge in [-0.2, -0.15) is 0 Å². The number of aromatic nitrogens is 1. The first-order chi connectivity index (χ1) is 7.63. The first-order valence-corrected chi connectivity index (χ1v) is 5.25. The van der Waals surface area contributed by atoms with E-state index in [9.17, 15) is 4.79 Å². The van der Waals surface area contributed by atoms with Crippen molar-refractivity contribution in [3.8, 4) is 0 Å². The molecule has 5 heteroatoms. The van der Waals surface area contributed by atoms with Crippen LogP contribution in [-0.2, 0) is 4.74 Å². The number of halogens is 1. The molecule has 0 radical (unpaired) electrons. The number of ether oxygens (including phenoxy) is 1. The van der Waals surface area contributed by atoms with Gasteiger partial charge >= 0.3 is 5.97 Å². The van der Waals surface area contributed by atoms with Gasteiger partial charge in [0.25, 0.3) is 0 Å². The smallest absolute Gasteiger partial charge is 0.354 e. The summed E-state index contributed by atoms with van der Waals surface area (Å²) in [5, 5.41) is 1.28. The molecule has 0 aliphatic rings. The molecule has 0 amide bonds. The van der Waals surface area contributed by atoms with Crippen LogP contribution in [0.5, 0.6) is 0 Å². The first-order valence-electron chi connectivity index (χ1n) is 4.87. The van der Waals surface area contributed by atoms with Crippen LogP contribution in [0.3, 0.4) is 0 Å². The highest BCUT2D eigenvalue weighted by molar-refractivity contribution is 6.36. The lowest BCUT2D eigenvalue weighted by Gasteiger charge is -1.97. The minimum absolute atomic E-state index is 0.331. The number of fused-ring (bicyclic) bond motifs is 1. The second kappa shape index (κ2) is 4.06. The quantitative estimate of drug-likeness (QED) is 0.624. The number of nitrogens with one attached hydrogen (secondary N) is 1.